The topological polar surface area (TPSA) is 80.3 Å². The molecule has 1 aliphatic carbocycles. The molecule has 1 saturated heterocycles. The second-order valence-corrected chi connectivity index (χ2v) is 11.5. The van der Waals surface area contributed by atoms with Gasteiger partial charge in [-0.3, -0.25) is 9.59 Å². The number of anilines is 1. The molecule has 2 fully saturated rings. The molecule has 1 amide bonds. The van der Waals surface area contributed by atoms with Crippen LogP contribution in [0.4, 0.5) is 18.9 Å². The molecule has 2 aromatic rings. The number of benzene rings is 1. The number of pyridine rings is 1. The Bertz CT molecular complexity index is 1210. The summed E-state index contributed by atoms with van der Waals surface area (Å²) in [4.78, 5) is 29.4. The molecule has 1 unspecified atom stereocenters. The molecule has 1 aliphatic heterocycles. The van der Waals surface area contributed by atoms with Gasteiger partial charge in [0.15, 0.2) is 5.60 Å². The molecule has 36 heavy (non-hydrogen) atoms. The van der Waals surface area contributed by atoms with Crippen molar-refractivity contribution < 1.29 is 27.5 Å². The molecule has 6 nitrogen and oxygen atoms in total. The van der Waals surface area contributed by atoms with Gasteiger partial charge in [0, 0.05) is 33.6 Å². The molecule has 196 valence electrons. The van der Waals surface area contributed by atoms with Gasteiger partial charge in [0.2, 0.25) is 0 Å². The zero-order valence-electron chi connectivity index (χ0n) is 21.0. The van der Waals surface area contributed by atoms with E-state index >= 15 is 0 Å². The fraction of sp³-hybridized carbons (Fsp3) is 0.577. The number of hydrogen-bond acceptors (Lipinski definition) is 5. The molecule has 2 heterocycles. The minimum atomic E-state index is -4.58. The SMILES string of the molecule is CC1(C)C(=O)OC(C)(C(=O)N[C@H]2CC[C@@H](Nc3cc(C(F)(F)F)nc4ccc(Cl)cc34)CC2)C1(C)C. The maximum Gasteiger partial charge on any atom is 0.433 e. The Morgan fingerprint density at radius 1 is 1.06 bits per heavy atom. The average molecular weight is 526 g/mol. The van der Waals surface area contributed by atoms with Crippen LogP contribution in [0, 0.1) is 10.8 Å². The van der Waals surface area contributed by atoms with E-state index in [-0.39, 0.29) is 23.5 Å². The summed E-state index contributed by atoms with van der Waals surface area (Å²) in [6.07, 6.45) is -2.03. The number of amides is 1. The number of carbonyl (C=O) groups is 2. The molecule has 4 rings (SSSR count). The molecule has 2 N–H and O–H groups in total. The van der Waals surface area contributed by atoms with Crippen LogP contribution in [0.2, 0.25) is 5.02 Å². The fourth-order valence-electron chi connectivity index (χ4n) is 5.01. The van der Waals surface area contributed by atoms with E-state index in [0.717, 1.165) is 6.07 Å². The van der Waals surface area contributed by atoms with Gasteiger partial charge in [-0.2, -0.15) is 13.2 Å². The highest BCUT2D eigenvalue weighted by molar-refractivity contribution is 6.31. The number of esters is 1. The van der Waals surface area contributed by atoms with Crippen molar-refractivity contribution in [2.24, 2.45) is 10.8 Å². The van der Waals surface area contributed by atoms with Gasteiger partial charge in [0.25, 0.3) is 5.91 Å². The van der Waals surface area contributed by atoms with Crippen molar-refractivity contribution in [3.05, 3.63) is 35.0 Å². The van der Waals surface area contributed by atoms with E-state index in [2.05, 4.69) is 15.6 Å². The first-order valence-electron chi connectivity index (χ1n) is 12.0. The summed E-state index contributed by atoms with van der Waals surface area (Å²) < 4.78 is 45.9. The predicted octanol–water partition coefficient (Wildman–Crippen LogP) is 6.11. The van der Waals surface area contributed by atoms with Crippen molar-refractivity contribution in [1.82, 2.24) is 10.3 Å². The number of alkyl halides is 3. The summed E-state index contributed by atoms with van der Waals surface area (Å²) in [6.45, 7) is 8.94. The first-order valence-corrected chi connectivity index (χ1v) is 12.4. The van der Waals surface area contributed by atoms with Gasteiger partial charge >= 0.3 is 12.1 Å². The third kappa shape index (κ3) is 4.40. The number of ether oxygens (including phenoxy) is 1. The normalized spacial score (nSPS) is 27.5. The number of carbonyl (C=O) groups excluding carboxylic acids is 2. The van der Waals surface area contributed by atoms with Crippen molar-refractivity contribution in [2.45, 2.75) is 84.2 Å². The number of hydrogen-bond donors (Lipinski definition) is 2. The van der Waals surface area contributed by atoms with Gasteiger partial charge in [-0.1, -0.05) is 25.4 Å². The van der Waals surface area contributed by atoms with Crippen LogP contribution in [0.1, 0.15) is 66.0 Å². The number of nitrogens with one attached hydrogen (secondary N) is 2. The van der Waals surface area contributed by atoms with Crippen molar-refractivity contribution >= 4 is 40.1 Å². The molecule has 1 aromatic heterocycles. The van der Waals surface area contributed by atoms with Gasteiger partial charge in [0.05, 0.1) is 10.9 Å². The van der Waals surface area contributed by atoms with E-state index in [9.17, 15) is 22.8 Å². The molecule has 0 spiro atoms. The molecule has 2 aliphatic rings. The Hall–Kier alpha value is -2.55. The lowest BCUT2D eigenvalue weighted by molar-refractivity contribution is -0.162. The summed E-state index contributed by atoms with van der Waals surface area (Å²) >= 11 is 6.09. The zero-order chi connectivity index (χ0) is 26.7. The third-order valence-electron chi connectivity index (χ3n) is 8.48. The Morgan fingerprint density at radius 3 is 2.22 bits per heavy atom. The quantitative estimate of drug-likeness (QED) is 0.470. The highest BCUT2D eigenvalue weighted by Crippen LogP contribution is 2.55. The van der Waals surface area contributed by atoms with E-state index in [1.165, 1.54) is 12.1 Å². The van der Waals surface area contributed by atoms with Crippen LogP contribution in [0.3, 0.4) is 0 Å². The summed E-state index contributed by atoms with van der Waals surface area (Å²) in [5, 5.41) is 7.22. The maximum atomic E-state index is 13.4. The number of aromatic nitrogens is 1. The number of rotatable bonds is 4. The van der Waals surface area contributed by atoms with E-state index in [1.807, 2.05) is 13.8 Å². The number of halogens is 4. The minimum Gasteiger partial charge on any atom is -0.448 e. The van der Waals surface area contributed by atoms with Crippen molar-refractivity contribution in [3.63, 3.8) is 0 Å². The first-order chi connectivity index (χ1) is 16.6. The largest absolute Gasteiger partial charge is 0.448 e. The lowest BCUT2D eigenvalue weighted by Crippen LogP contribution is -2.57. The lowest BCUT2D eigenvalue weighted by atomic mass is 9.61. The van der Waals surface area contributed by atoms with Gasteiger partial charge in [-0.05, 0) is 70.7 Å². The van der Waals surface area contributed by atoms with Crippen LogP contribution in [0.25, 0.3) is 10.9 Å². The van der Waals surface area contributed by atoms with Gasteiger partial charge < -0.3 is 15.4 Å². The monoisotopic (exact) mass is 525 g/mol. The van der Waals surface area contributed by atoms with E-state index in [0.29, 0.717) is 41.8 Å². The van der Waals surface area contributed by atoms with E-state index < -0.39 is 34.3 Å². The van der Waals surface area contributed by atoms with E-state index in [1.54, 1.807) is 26.8 Å². The molecule has 1 aromatic carbocycles. The molecular weight excluding hydrogens is 495 g/mol. The Labute approximate surface area is 213 Å². The summed E-state index contributed by atoms with van der Waals surface area (Å²) in [6, 6.07) is 5.40. The first kappa shape index (κ1) is 26.5. The number of fused-ring (bicyclic) bond motifs is 1. The Kier molecular flexibility index (Phi) is 6.47. The van der Waals surface area contributed by atoms with Gasteiger partial charge in [0.1, 0.15) is 5.69 Å². The molecule has 10 heteroatoms. The minimum absolute atomic E-state index is 0.0842. The third-order valence-corrected chi connectivity index (χ3v) is 8.71. The smallest absolute Gasteiger partial charge is 0.433 e. The Balaban J connectivity index is 1.45. The number of cyclic esters (lactones) is 1. The van der Waals surface area contributed by atoms with E-state index in [4.69, 9.17) is 16.3 Å². The molecule has 0 bridgehead atoms. The van der Waals surface area contributed by atoms with Gasteiger partial charge in [-0.25, -0.2) is 4.98 Å². The average Bonchev–Trinajstić information content (AvgIpc) is 2.91. The molecule has 1 saturated carbocycles. The standard InChI is InChI=1S/C26H31ClF3N3O3/c1-23(2)22(35)36-25(5,24(23,3)4)21(34)32-16-9-7-15(8-10-16)31-19-13-20(26(28,29)30)33-18-11-6-14(27)12-17(18)19/h6,11-13,15-16H,7-10H2,1-5H3,(H,31,33)(H,32,34)/t15-,16+,25?. The highest BCUT2D eigenvalue weighted by atomic mass is 35.5. The van der Waals surface area contributed by atoms with Crippen molar-refractivity contribution in [3.8, 4) is 0 Å². The maximum absolute atomic E-state index is 13.4. The van der Waals surface area contributed by atoms with Crippen LogP contribution < -0.4 is 10.6 Å². The lowest BCUT2D eigenvalue weighted by Gasteiger charge is -2.41. The summed E-state index contributed by atoms with van der Waals surface area (Å²) in [5.41, 5.74) is -3.26. The second kappa shape index (κ2) is 8.78. The van der Waals surface area contributed by atoms with Crippen LogP contribution in [-0.2, 0) is 20.5 Å². The van der Waals surface area contributed by atoms with Crippen LogP contribution in [-0.4, -0.2) is 34.5 Å². The van der Waals surface area contributed by atoms with Crippen LogP contribution in [0.5, 0.6) is 0 Å². The second-order valence-electron chi connectivity index (χ2n) is 11.1. The van der Waals surface area contributed by atoms with Crippen molar-refractivity contribution in [2.75, 3.05) is 5.32 Å². The van der Waals surface area contributed by atoms with Crippen LogP contribution in [0.15, 0.2) is 24.3 Å². The molecule has 1 atom stereocenters. The summed E-state index contributed by atoms with van der Waals surface area (Å²) in [5.74, 6) is -0.728. The molecular formula is C26H31ClF3N3O3. The van der Waals surface area contributed by atoms with Gasteiger partial charge in [-0.15, -0.1) is 0 Å². The Morgan fingerprint density at radius 2 is 1.67 bits per heavy atom. The number of nitrogens with zero attached hydrogens (tertiary/aromatic N) is 1. The van der Waals surface area contributed by atoms with Crippen LogP contribution >= 0.6 is 11.6 Å². The molecule has 0 radical (unpaired) electrons. The fourth-order valence-corrected chi connectivity index (χ4v) is 5.18. The highest BCUT2D eigenvalue weighted by Gasteiger charge is 2.67. The van der Waals surface area contributed by atoms with Crippen molar-refractivity contribution in [1.29, 1.82) is 0 Å². The predicted molar refractivity (Wildman–Crippen MR) is 132 cm³/mol. The zero-order valence-corrected chi connectivity index (χ0v) is 21.7. The summed E-state index contributed by atoms with van der Waals surface area (Å²) in [7, 11) is 0.